The maximum atomic E-state index is 3.64. The molecule has 2 aromatic carbocycles. The molecule has 0 spiro atoms. The molecule has 1 heterocycles. The molecule has 5 heteroatoms. The van der Waals surface area contributed by atoms with Crippen molar-refractivity contribution in [1.82, 2.24) is 20.4 Å². The van der Waals surface area contributed by atoms with Crippen LogP contribution in [0.2, 0.25) is 0 Å². The van der Waals surface area contributed by atoms with Gasteiger partial charge >= 0.3 is 0 Å². The average Bonchev–Trinajstić information content (AvgIpc) is 3.33. The summed E-state index contributed by atoms with van der Waals surface area (Å²) in [5.74, 6) is 0. The zero-order valence-electron chi connectivity index (χ0n) is 16.4. The monoisotopic (exact) mass is 410 g/mol. The van der Waals surface area contributed by atoms with Gasteiger partial charge in [0, 0.05) is 43.2 Å². The Morgan fingerprint density at radius 1 is 0.593 bits per heavy atom. The molecule has 1 aliphatic rings. The van der Waals surface area contributed by atoms with Crippen molar-refractivity contribution >= 4 is 0 Å². The van der Waals surface area contributed by atoms with E-state index in [0.717, 1.165) is 65.4 Å². The molecule has 0 unspecified atom stereocenters. The topological polar surface area (TPSA) is 30.5 Å². The van der Waals surface area contributed by atoms with E-state index >= 15 is 0 Å². The first-order valence-corrected chi connectivity index (χ1v) is 10.2. The molecule has 0 bridgehead atoms. The van der Waals surface area contributed by atoms with Gasteiger partial charge in [0.1, 0.15) is 0 Å². The van der Waals surface area contributed by atoms with Crippen molar-refractivity contribution in [1.29, 1.82) is 0 Å². The Bertz CT molecular complexity index is 499. The van der Waals surface area contributed by atoms with Crippen molar-refractivity contribution in [3.8, 4) is 0 Å². The van der Waals surface area contributed by atoms with Gasteiger partial charge in [-0.3, -0.25) is 0 Å². The average molecular weight is 410 g/mol. The van der Waals surface area contributed by atoms with E-state index in [0.29, 0.717) is 0 Å². The number of nitrogens with one attached hydrogen (secondary N) is 2. The van der Waals surface area contributed by atoms with E-state index in [4.69, 9.17) is 0 Å². The zero-order valence-corrected chi connectivity index (χ0v) is 17.5. The van der Waals surface area contributed by atoms with Crippen molar-refractivity contribution < 1.29 is 17.1 Å². The fourth-order valence-corrected chi connectivity index (χ4v) is 3.67. The van der Waals surface area contributed by atoms with E-state index in [1.807, 2.05) is 0 Å². The maximum Gasteiger partial charge on any atom is 0.00992 e. The normalized spacial score (nSPS) is 19.3. The Labute approximate surface area is 175 Å². The second-order valence-corrected chi connectivity index (χ2v) is 7.35. The van der Waals surface area contributed by atoms with E-state index in [-0.39, 0.29) is 17.1 Å². The molecule has 0 aliphatic carbocycles. The summed E-state index contributed by atoms with van der Waals surface area (Å²) in [4.78, 5) is 5.16. The Morgan fingerprint density at radius 3 is 1.41 bits per heavy atom. The van der Waals surface area contributed by atoms with Crippen LogP contribution in [-0.2, 0) is 30.2 Å². The van der Waals surface area contributed by atoms with Gasteiger partial charge in [-0.05, 0) is 52.1 Å². The largest absolute Gasteiger partial charge is 0.315 e. The van der Waals surface area contributed by atoms with Gasteiger partial charge in [0.05, 0.1) is 0 Å². The van der Waals surface area contributed by atoms with Crippen LogP contribution in [0.5, 0.6) is 0 Å². The first kappa shape index (κ1) is 22.3. The van der Waals surface area contributed by atoms with Gasteiger partial charge in [-0.25, -0.2) is 24.3 Å². The van der Waals surface area contributed by atoms with Crippen LogP contribution < -0.4 is 10.6 Å². The molecule has 0 aromatic heterocycles. The van der Waals surface area contributed by atoms with E-state index in [1.165, 1.54) is 24.0 Å². The quantitative estimate of drug-likeness (QED) is 0.599. The second kappa shape index (κ2) is 13.3. The van der Waals surface area contributed by atoms with Gasteiger partial charge in [-0.15, -0.1) is 11.1 Å². The van der Waals surface area contributed by atoms with Crippen molar-refractivity contribution in [2.24, 2.45) is 0 Å². The molecule has 0 saturated carbocycles. The summed E-state index contributed by atoms with van der Waals surface area (Å²) in [6, 6.07) is 17.5. The Balaban J connectivity index is 0.00000261. The Morgan fingerprint density at radius 2 is 1.00 bits per heavy atom. The predicted octanol–water partition coefficient (Wildman–Crippen LogP) is 2.40. The molecular formula is C22H34FeN4-2. The number of rotatable bonds is 4. The Hall–Kier alpha value is -0.941. The van der Waals surface area contributed by atoms with Crippen LogP contribution in [-0.4, -0.2) is 62.2 Å². The van der Waals surface area contributed by atoms with Crippen molar-refractivity contribution in [3.63, 3.8) is 0 Å². The van der Waals surface area contributed by atoms with E-state index in [9.17, 15) is 0 Å². The van der Waals surface area contributed by atoms with Gasteiger partial charge in [-0.1, -0.05) is 0 Å². The third kappa shape index (κ3) is 8.73. The molecular weight excluding hydrogens is 376 g/mol. The molecule has 1 fully saturated rings. The summed E-state index contributed by atoms with van der Waals surface area (Å²) < 4.78 is 0. The van der Waals surface area contributed by atoms with Gasteiger partial charge in [0.25, 0.3) is 0 Å². The third-order valence-corrected chi connectivity index (χ3v) is 5.14. The third-order valence-electron chi connectivity index (χ3n) is 5.14. The Kier molecular flexibility index (Phi) is 11.0. The van der Waals surface area contributed by atoms with Crippen LogP contribution in [0.1, 0.15) is 24.0 Å². The van der Waals surface area contributed by atoms with Gasteiger partial charge in [0.15, 0.2) is 0 Å². The van der Waals surface area contributed by atoms with E-state index in [2.05, 4.69) is 69.0 Å². The summed E-state index contributed by atoms with van der Waals surface area (Å²) in [7, 11) is 0. The molecule has 0 radical (unpaired) electrons. The predicted molar refractivity (Wildman–Crippen MR) is 110 cm³/mol. The summed E-state index contributed by atoms with van der Waals surface area (Å²) in [6.07, 6.45) is 2.42. The van der Waals surface area contributed by atoms with E-state index < -0.39 is 0 Å². The summed E-state index contributed by atoms with van der Waals surface area (Å²) >= 11 is 0. The first-order chi connectivity index (χ1) is 12.9. The molecule has 152 valence electrons. The maximum absolute atomic E-state index is 3.64. The van der Waals surface area contributed by atoms with Crippen molar-refractivity contribution in [2.75, 3.05) is 52.4 Å². The SMILES string of the molecule is [Fe].c1cc[c-](CN2CCCNCCN(C[c-]3cccc3)CCCNCC2)c1. The molecule has 1 aliphatic heterocycles. The summed E-state index contributed by atoms with van der Waals surface area (Å²) in [5, 5.41) is 7.29. The van der Waals surface area contributed by atoms with Crippen LogP contribution in [0.15, 0.2) is 48.5 Å². The molecule has 2 aromatic rings. The summed E-state index contributed by atoms with van der Waals surface area (Å²) in [5.41, 5.74) is 2.87. The van der Waals surface area contributed by atoms with Crippen molar-refractivity contribution in [2.45, 2.75) is 25.9 Å². The molecule has 3 rings (SSSR count). The van der Waals surface area contributed by atoms with Crippen LogP contribution in [0, 0.1) is 0 Å². The minimum Gasteiger partial charge on any atom is -0.315 e. The number of hydrogen-bond acceptors (Lipinski definition) is 4. The minimum absolute atomic E-state index is 0. The smallest absolute Gasteiger partial charge is 0.00992 e. The fourth-order valence-electron chi connectivity index (χ4n) is 3.67. The minimum atomic E-state index is 0. The van der Waals surface area contributed by atoms with Gasteiger partial charge in [0.2, 0.25) is 0 Å². The summed E-state index contributed by atoms with van der Waals surface area (Å²) in [6.45, 7) is 11.1. The molecule has 2 N–H and O–H groups in total. The van der Waals surface area contributed by atoms with Gasteiger partial charge in [-0.2, -0.15) is 24.3 Å². The number of hydrogen-bond donors (Lipinski definition) is 2. The zero-order chi connectivity index (χ0) is 17.9. The second-order valence-electron chi connectivity index (χ2n) is 7.35. The molecule has 4 nitrogen and oxygen atoms in total. The molecule has 0 atom stereocenters. The van der Waals surface area contributed by atoms with E-state index in [1.54, 1.807) is 0 Å². The van der Waals surface area contributed by atoms with Crippen LogP contribution in [0.3, 0.4) is 0 Å². The standard InChI is InChI=1S/C22H34N4.Fe/c1-2-8-21(7-1)19-25-15-5-11-24-14-18-26(16-6-12-23-13-17-25)20-22-9-3-4-10-22;/h1-4,7-10,23-24H,5-6,11-20H2;/q-2;. The molecule has 0 amide bonds. The van der Waals surface area contributed by atoms with Crippen LogP contribution >= 0.6 is 0 Å². The van der Waals surface area contributed by atoms with Crippen molar-refractivity contribution in [3.05, 3.63) is 59.7 Å². The van der Waals surface area contributed by atoms with Crippen LogP contribution in [0.25, 0.3) is 0 Å². The first-order valence-electron chi connectivity index (χ1n) is 10.2. The molecule has 1 saturated heterocycles. The van der Waals surface area contributed by atoms with Gasteiger partial charge < -0.3 is 20.4 Å². The molecule has 27 heavy (non-hydrogen) atoms. The van der Waals surface area contributed by atoms with Crippen LogP contribution in [0.4, 0.5) is 0 Å². The number of nitrogens with zero attached hydrogens (tertiary/aromatic N) is 2. The fraction of sp³-hybridized carbons (Fsp3) is 0.545.